The van der Waals surface area contributed by atoms with Crippen LogP contribution in [0.3, 0.4) is 0 Å². The molecule has 0 aliphatic heterocycles. The Bertz CT molecular complexity index is 568. The molecule has 1 aromatic carbocycles. The fourth-order valence-electron chi connectivity index (χ4n) is 2.20. The summed E-state index contributed by atoms with van der Waals surface area (Å²) in [6.45, 7) is 4.01. The minimum absolute atomic E-state index is 0.0745. The van der Waals surface area contributed by atoms with Gasteiger partial charge in [-0.15, -0.1) is 0 Å². The van der Waals surface area contributed by atoms with E-state index in [2.05, 4.69) is 5.32 Å². The van der Waals surface area contributed by atoms with Crippen molar-refractivity contribution in [1.29, 1.82) is 0 Å². The van der Waals surface area contributed by atoms with Crippen LogP contribution in [-0.4, -0.2) is 27.0 Å². The van der Waals surface area contributed by atoms with Gasteiger partial charge < -0.3 is 5.32 Å². The number of halogens is 3. The van der Waals surface area contributed by atoms with Crippen molar-refractivity contribution in [3.63, 3.8) is 0 Å². The molecule has 1 N–H and O–H groups in total. The van der Waals surface area contributed by atoms with Gasteiger partial charge in [-0.3, -0.25) is 0 Å². The topological polar surface area (TPSA) is 46.2 Å². The van der Waals surface area contributed by atoms with Crippen molar-refractivity contribution in [2.24, 2.45) is 5.92 Å². The first-order valence-corrected chi connectivity index (χ1v) is 8.14. The van der Waals surface area contributed by atoms with Crippen LogP contribution in [0.25, 0.3) is 0 Å². The van der Waals surface area contributed by atoms with Crippen LogP contribution >= 0.6 is 0 Å². The maximum atomic E-state index is 12.7. The van der Waals surface area contributed by atoms with E-state index in [1.165, 1.54) is 12.1 Å². The average molecular weight is 323 g/mol. The Morgan fingerprint density at radius 3 is 2.24 bits per heavy atom. The van der Waals surface area contributed by atoms with Crippen LogP contribution < -0.4 is 5.32 Å². The Hall–Kier alpha value is -1.08. The van der Waals surface area contributed by atoms with Crippen molar-refractivity contribution < 1.29 is 21.6 Å². The Kier molecular flexibility index (Phi) is 5.81. The van der Waals surface area contributed by atoms with Crippen molar-refractivity contribution >= 4 is 9.84 Å². The van der Waals surface area contributed by atoms with Crippen LogP contribution in [0.4, 0.5) is 13.2 Å². The highest BCUT2D eigenvalue weighted by Gasteiger charge is 2.47. The molecule has 0 aliphatic carbocycles. The summed E-state index contributed by atoms with van der Waals surface area (Å²) < 4.78 is 61.4. The van der Waals surface area contributed by atoms with E-state index in [0.717, 1.165) is 12.5 Å². The molecular weight excluding hydrogens is 303 g/mol. The molecule has 0 aliphatic rings. The minimum Gasteiger partial charge on any atom is -0.317 e. The summed E-state index contributed by atoms with van der Waals surface area (Å²) in [5, 5.41) is 3.02. The van der Waals surface area contributed by atoms with Gasteiger partial charge in [0, 0.05) is 6.04 Å². The van der Waals surface area contributed by atoms with E-state index in [9.17, 15) is 21.6 Å². The van der Waals surface area contributed by atoms with E-state index in [1.807, 2.05) is 13.8 Å². The number of nitrogens with one attached hydrogen (secondary N) is 1. The summed E-state index contributed by atoms with van der Waals surface area (Å²) in [5.74, 6) is 0.355. The number of rotatable bonds is 6. The molecule has 1 rings (SSSR count). The van der Waals surface area contributed by atoms with Gasteiger partial charge >= 0.3 is 5.51 Å². The number of hydrogen-bond acceptors (Lipinski definition) is 3. The highest BCUT2D eigenvalue weighted by Crippen LogP contribution is 2.32. The lowest BCUT2D eigenvalue weighted by Gasteiger charge is -2.20. The van der Waals surface area contributed by atoms with Crippen molar-refractivity contribution in [2.75, 3.05) is 7.05 Å². The van der Waals surface area contributed by atoms with Crippen LogP contribution in [0, 0.1) is 5.92 Å². The molecule has 0 fully saturated rings. The molecule has 120 valence electrons. The predicted octanol–water partition coefficient (Wildman–Crippen LogP) is 3.16. The standard InChI is InChI=1S/C14H20F3NO2S/c1-10(2)8-12(18-3)9-11-6-4-5-7-13(11)21(19,20)14(15,16)17/h4-7,10,12,18H,8-9H2,1-3H3. The Labute approximate surface area is 123 Å². The number of alkyl halides is 3. The van der Waals surface area contributed by atoms with E-state index >= 15 is 0 Å². The highest BCUT2D eigenvalue weighted by molar-refractivity contribution is 7.92. The molecule has 1 aromatic rings. The Morgan fingerprint density at radius 2 is 1.76 bits per heavy atom. The molecular formula is C14H20F3NO2S. The van der Waals surface area contributed by atoms with Crippen LogP contribution in [0.2, 0.25) is 0 Å². The van der Waals surface area contributed by atoms with Crippen LogP contribution in [0.5, 0.6) is 0 Å². The van der Waals surface area contributed by atoms with E-state index in [4.69, 9.17) is 0 Å². The summed E-state index contributed by atoms with van der Waals surface area (Å²) in [6, 6.07) is 5.23. The molecule has 3 nitrogen and oxygen atoms in total. The molecule has 7 heteroatoms. The minimum atomic E-state index is -5.32. The monoisotopic (exact) mass is 323 g/mol. The second-order valence-electron chi connectivity index (χ2n) is 5.38. The van der Waals surface area contributed by atoms with Gasteiger partial charge in [0.15, 0.2) is 0 Å². The zero-order chi connectivity index (χ0) is 16.3. The maximum absolute atomic E-state index is 12.7. The van der Waals surface area contributed by atoms with Crippen molar-refractivity contribution in [3.05, 3.63) is 29.8 Å². The number of benzene rings is 1. The molecule has 0 amide bonds. The van der Waals surface area contributed by atoms with Crippen LogP contribution in [-0.2, 0) is 16.3 Å². The Morgan fingerprint density at radius 1 is 1.19 bits per heavy atom. The van der Waals surface area contributed by atoms with E-state index in [1.54, 1.807) is 13.1 Å². The molecule has 0 aromatic heterocycles. The lowest BCUT2D eigenvalue weighted by molar-refractivity contribution is -0.0436. The smallest absolute Gasteiger partial charge is 0.317 e. The zero-order valence-electron chi connectivity index (χ0n) is 12.2. The summed E-state index contributed by atoms with van der Waals surface area (Å²) >= 11 is 0. The molecule has 21 heavy (non-hydrogen) atoms. The quantitative estimate of drug-likeness (QED) is 0.875. The van der Waals surface area contributed by atoms with Gasteiger partial charge in [0.2, 0.25) is 0 Å². The summed E-state index contributed by atoms with van der Waals surface area (Å²) in [7, 11) is -3.60. The maximum Gasteiger partial charge on any atom is 0.501 e. The third kappa shape index (κ3) is 4.44. The average Bonchev–Trinajstić information content (AvgIpc) is 2.36. The van der Waals surface area contributed by atoms with Gasteiger partial charge in [-0.25, -0.2) is 8.42 Å². The normalized spacial score (nSPS) is 14.4. The van der Waals surface area contributed by atoms with E-state index in [-0.39, 0.29) is 18.0 Å². The first kappa shape index (κ1) is 18.0. The predicted molar refractivity (Wildman–Crippen MR) is 75.7 cm³/mol. The largest absolute Gasteiger partial charge is 0.501 e. The molecule has 0 spiro atoms. The molecule has 0 heterocycles. The fourth-order valence-corrected chi connectivity index (χ4v) is 3.20. The first-order chi connectivity index (χ1) is 9.59. The molecule has 0 saturated heterocycles. The van der Waals surface area contributed by atoms with Gasteiger partial charge in [0.1, 0.15) is 0 Å². The van der Waals surface area contributed by atoms with E-state index < -0.39 is 20.2 Å². The highest BCUT2D eigenvalue weighted by atomic mass is 32.2. The van der Waals surface area contributed by atoms with Gasteiger partial charge in [-0.2, -0.15) is 13.2 Å². The van der Waals surface area contributed by atoms with Crippen molar-refractivity contribution in [1.82, 2.24) is 5.32 Å². The fraction of sp³-hybridized carbons (Fsp3) is 0.571. The van der Waals surface area contributed by atoms with Crippen molar-refractivity contribution in [2.45, 2.75) is 43.1 Å². The second-order valence-corrected chi connectivity index (χ2v) is 7.29. The third-order valence-electron chi connectivity index (χ3n) is 3.20. The molecule has 1 unspecified atom stereocenters. The molecule has 0 bridgehead atoms. The van der Waals surface area contributed by atoms with Gasteiger partial charge in [0.25, 0.3) is 9.84 Å². The SMILES string of the molecule is CNC(Cc1ccccc1S(=O)(=O)C(F)(F)F)CC(C)C. The zero-order valence-corrected chi connectivity index (χ0v) is 13.1. The summed E-state index contributed by atoms with van der Waals surface area (Å²) in [4.78, 5) is -0.651. The van der Waals surface area contributed by atoms with Crippen LogP contribution in [0.1, 0.15) is 25.8 Å². The lowest BCUT2D eigenvalue weighted by Crippen LogP contribution is -2.31. The number of hydrogen-bond donors (Lipinski definition) is 1. The second kappa shape index (κ2) is 6.79. The van der Waals surface area contributed by atoms with Crippen LogP contribution in [0.15, 0.2) is 29.2 Å². The van der Waals surface area contributed by atoms with Gasteiger partial charge in [0.05, 0.1) is 4.90 Å². The molecule has 0 saturated carbocycles. The molecule has 0 radical (unpaired) electrons. The number of likely N-dealkylation sites (N-methyl/N-ethyl adjacent to an activating group) is 1. The Balaban J connectivity index is 3.17. The molecule has 1 atom stereocenters. The summed E-state index contributed by atoms with van der Waals surface area (Å²) in [5.41, 5.74) is -5.09. The first-order valence-electron chi connectivity index (χ1n) is 6.66. The third-order valence-corrected chi connectivity index (χ3v) is 4.78. The summed E-state index contributed by atoms with van der Waals surface area (Å²) in [6.07, 6.45) is 0.983. The van der Waals surface area contributed by atoms with Gasteiger partial charge in [-0.05, 0) is 37.4 Å². The lowest BCUT2D eigenvalue weighted by atomic mass is 9.97. The van der Waals surface area contributed by atoms with Crippen molar-refractivity contribution in [3.8, 4) is 0 Å². The number of sulfone groups is 1. The van der Waals surface area contributed by atoms with E-state index in [0.29, 0.717) is 5.92 Å². The van der Waals surface area contributed by atoms with Gasteiger partial charge in [-0.1, -0.05) is 32.0 Å².